The van der Waals surface area contributed by atoms with Gasteiger partial charge in [0.25, 0.3) is 0 Å². The first-order valence-corrected chi connectivity index (χ1v) is 6.40. The molecule has 0 aliphatic heterocycles. The smallest absolute Gasteiger partial charge is 0.323 e. The van der Waals surface area contributed by atoms with Crippen LogP contribution in [0.15, 0.2) is 24.3 Å². The molecule has 0 spiro atoms. The van der Waals surface area contributed by atoms with Gasteiger partial charge in [-0.25, -0.2) is 0 Å². The average Bonchev–Trinajstić information content (AvgIpc) is 2.49. The number of ether oxygens (including phenoxy) is 4. The Hall–Kier alpha value is -1.67. The van der Waals surface area contributed by atoms with Gasteiger partial charge in [-0.2, -0.15) is 0 Å². The summed E-state index contributed by atoms with van der Waals surface area (Å²) in [6.45, 7) is 1.07. The number of benzene rings is 1. The standard InChI is InChI=1S/C14H21NO6/c1-18-7-8-20-9-21-11-5-3-10(4-6-11)13(19-2)12(15)14(16)17/h3-6,12-13H,7-9,15H2,1-2H3,(H,16,17)/t12-,13-/m0/s1. The number of aliphatic carboxylic acids is 1. The van der Waals surface area contributed by atoms with E-state index in [2.05, 4.69) is 0 Å². The van der Waals surface area contributed by atoms with Crippen molar-refractivity contribution >= 4 is 5.97 Å². The first-order valence-electron chi connectivity index (χ1n) is 6.40. The Balaban J connectivity index is 2.54. The molecule has 0 amide bonds. The number of rotatable bonds is 10. The molecular weight excluding hydrogens is 278 g/mol. The molecule has 0 saturated carbocycles. The Labute approximate surface area is 123 Å². The van der Waals surface area contributed by atoms with Gasteiger partial charge in [0.2, 0.25) is 0 Å². The monoisotopic (exact) mass is 299 g/mol. The van der Waals surface area contributed by atoms with Crippen LogP contribution in [0.4, 0.5) is 0 Å². The third-order valence-electron chi connectivity index (χ3n) is 2.81. The molecule has 1 aromatic carbocycles. The molecule has 3 N–H and O–H groups in total. The Morgan fingerprint density at radius 2 is 1.90 bits per heavy atom. The van der Waals surface area contributed by atoms with Crippen LogP contribution in [-0.4, -0.2) is 51.3 Å². The number of hydrogen-bond donors (Lipinski definition) is 2. The van der Waals surface area contributed by atoms with Gasteiger partial charge in [0.1, 0.15) is 17.9 Å². The second-order valence-corrected chi connectivity index (χ2v) is 4.25. The van der Waals surface area contributed by atoms with Crippen molar-refractivity contribution in [3.63, 3.8) is 0 Å². The fourth-order valence-corrected chi connectivity index (χ4v) is 1.68. The second-order valence-electron chi connectivity index (χ2n) is 4.25. The molecule has 0 aliphatic carbocycles. The van der Waals surface area contributed by atoms with Gasteiger partial charge >= 0.3 is 5.97 Å². The van der Waals surface area contributed by atoms with E-state index < -0.39 is 18.1 Å². The number of carboxylic acids is 1. The van der Waals surface area contributed by atoms with Crippen molar-refractivity contribution in [2.45, 2.75) is 12.1 Å². The van der Waals surface area contributed by atoms with E-state index >= 15 is 0 Å². The van der Waals surface area contributed by atoms with Crippen molar-refractivity contribution in [2.24, 2.45) is 5.73 Å². The third-order valence-corrected chi connectivity index (χ3v) is 2.81. The molecule has 2 atom stereocenters. The van der Waals surface area contributed by atoms with E-state index in [1.807, 2.05) is 0 Å². The molecular formula is C14H21NO6. The molecule has 1 aromatic rings. The quantitative estimate of drug-likeness (QED) is 0.486. The van der Waals surface area contributed by atoms with Crippen LogP contribution < -0.4 is 10.5 Å². The van der Waals surface area contributed by atoms with Crippen LogP contribution in [0.5, 0.6) is 5.75 Å². The maximum absolute atomic E-state index is 10.9. The van der Waals surface area contributed by atoms with Crippen LogP contribution in [0.25, 0.3) is 0 Å². The summed E-state index contributed by atoms with van der Waals surface area (Å²) in [5.41, 5.74) is 6.25. The highest BCUT2D eigenvalue weighted by Crippen LogP contribution is 2.22. The molecule has 118 valence electrons. The highest BCUT2D eigenvalue weighted by atomic mass is 16.7. The van der Waals surface area contributed by atoms with E-state index in [9.17, 15) is 4.79 Å². The minimum absolute atomic E-state index is 0.116. The van der Waals surface area contributed by atoms with Crippen LogP contribution in [0.2, 0.25) is 0 Å². The van der Waals surface area contributed by atoms with Crippen LogP contribution in [0.1, 0.15) is 11.7 Å². The molecule has 0 heterocycles. The number of methoxy groups -OCH3 is 2. The summed E-state index contributed by atoms with van der Waals surface area (Å²) in [4.78, 5) is 10.9. The Morgan fingerprint density at radius 3 is 2.43 bits per heavy atom. The number of carboxylic acid groups (broad SMARTS) is 1. The molecule has 7 nitrogen and oxygen atoms in total. The summed E-state index contributed by atoms with van der Waals surface area (Å²) in [6.07, 6.45) is -0.713. The van der Waals surface area contributed by atoms with Crippen molar-refractivity contribution in [1.82, 2.24) is 0 Å². The molecule has 0 fully saturated rings. The maximum Gasteiger partial charge on any atom is 0.323 e. The zero-order chi connectivity index (χ0) is 15.7. The van der Waals surface area contributed by atoms with Gasteiger partial charge in [0.15, 0.2) is 6.79 Å². The van der Waals surface area contributed by atoms with Crippen LogP contribution in [-0.2, 0) is 19.0 Å². The zero-order valence-electron chi connectivity index (χ0n) is 12.2. The van der Waals surface area contributed by atoms with E-state index in [1.165, 1.54) is 7.11 Å². The molecule has 21 heavy (non-hydrogen) atoms. The SMILES string of the molecule is COCCOCOc1ccc([C@H](OC)[C@H](N)C(=O)O)cc1. The summed E-state index contributed by atoms with van der Waals surface area (Å²) >= 11 is 0. The van der Waals surface area contributed by atoms with Gasteiger partial charge in [0.05, 0.1) is 13.2 Å². The molecule has 0 saturated heterocycles. The normalized spacial score (nSPS) is 13.7. The number of carbonyl (C=O) groups is 1. The van der Waals surface area contributed by atoms with Crippen molar-refractivity contribution in [1.29, 1.82) is 0 Å². The van der Waals surface area contributed by atoms with Crippen molar-refractivity contribution in [3.05, 3.63) is 29.8 Å². The lowest BCUT2D eigenvalue weighted by Gasteiger charge is -2.19. The highest BCUT2D eigenvalue weighted by Gasteiger charge is 2.25. The minimum Gasteiger partial charge on any atom is -0.480 e. The molecule has 0 aromatic heterocycles. The minimum atomic E-state index is -1.13. The highest BCUT2D eigenvalue weighted by molar-refractivity contribution is 5.74. The predicted molar refractivity (Wildman–Crippen MR) is 75.1 cm³/mol. The van der Waals surface area contributed by atoms with Gasteiger partial charge in [-0.15, -0.1) is 0 Å². The van der Waals surface area contributed by atoms with E-state index in [-0.39, 0.29) is 6.79 Å². The Kier molecular flexibility index (Phi) is 7.70. The Bertz CT molecular complexity index is 422. The third kappa shape index (κ3) is 5.68. The van der Waals surface area contributed by atoms with Gasteiger partial charge in [0, 0.05) is 14.2 Å². The maximum atomic E-state index is 10.9. The number of hydrogen-bond acceptors (Lipinski definition) is 6. The average molecular weight is 299 g/mol. The van der Waals surface area contributed by atoms with E-state index in [0.717, 1.165) is 0 Å². The van der Waals surface area contributed by atoms with Crippen molar-refractivity contribution < 1.29 is 28.8 Å². The lowest BCUT2D eigenvalue weighted by Crippen LogP contribution is -2.37. The summed E-state index contributed by atoms with van der Waals surface area (Å²) < 4.78 is 20.5. The van der Waals surface area contributed by atoms with E-state index in [1.54, 1.807) is 31.4 Å². The largest absolute Gasteiger partial charge is 0.480 e. The zero-order valence-corrected chi connectivity index (χ0v) is 12.2. The van der Waals surface area contributed by atoms with Gasteiger partial charge in [-0.05, 0) is 17.7 Å². The predicted octanol–water partition coefficient (Wildman–Crippen LogP) is 0.785. The van der Waals surface area contributed by atoms with E-state index in [4.69, 9.17) is 29.8 Å². The molecule has 0 aliphatic rings. The molecule has 1 rings (SSSR count). The van der Waals surface area contributed by atoms with Gasteiger partial charge < -0.3 is 29.8 Å². The van der Waals surface area contributed by atoms with Crippen LogP contribution in [0, 0.1) is 0 Å². The summed E-state index contributed by atoms with van der Waals surface area (Å²) in [5.74, 6) is -0.511. The lowest BCUT2D eigenvalue weighted by atomic mass is 10.0. The topological polar surface area (TPSA) is 100 Å². The summed E-state index contributed by atoms with van der Waals surface area (Å²) in [7, 11) is 3.01. The molecule has 0 unspecified atom stereocenters. The molecule has 0 radical (unpaired) electrons. The first-order chi connectivity index (χ1) is 10.1. The summed E-state index contributed by atoms with van der Waals surface area (Å²) in [6, 6.07) is 5.70. The van der Waals surface area contributed by atoms with Crippen molar-refractivity contribution in [2.75, 3.05) is 34.2 Å². The van der Waals surface area contributed by atoms with Crippen LogP contribution >= 0.6 is 0 Å². The van der Waals surface area contributed by atoms with E-state index in [0.29, 0.717) is 24.5 Å². The van der Waals surface area contributed by atoms with Crippen molar-refractivity contribution in [3.8, 4) is 5.75 Å². The Morgan fingerprint density at radius 1 is 1.24 bits per heavy atom. The van der Waals surface area contributed by atoms with Gasteiger partial charge in [-0.3, -0.25) is 4.79 Å². The summed E-state index contributed by atoms with van der Waals surface area (Å²) in [5, 5.41) is 8.93. The van der Waals surface area contributed by atoms with Crippen LogP contribution in [0.3, 0.4) is 0 Å². The van der Waals surface area contributed by atoms with Gasteiger partial charge in [-0.1, -0.05) is 12.1 Å². The number of nitrogens with two attached hydrogens (primary N) is 1. The molecule has 0 bridgehead atoms. The lowest BCUT2D eigenvalue weighted by molar-refractivity contribution is -0.142. The molecule has 7 heteroatoms. The second kappa shape index (κ2) is 9.30. The fraction of sp³-hybridized carbons (Fsp3) is 0.500. The fourth-order valence-electron chi connectivity index (χ4n) is 1.68. The first kappa shape index (κ1) is 17.4.